The monoisotopic (exact) mass is 550 g/mol. The summed E-state index contributed by atoms with van der Waals surface area (Å²) in [6.07, 6.45) is 1.59. The highest BCUT2D eigenvalue weighted by Gasteiger charge is 2.38. The van der Waals surface area contributed by atoms with Gasteiger partial charge in [0.25, 0.3) is 5.91 Å². The molecule has 0 spiro atoms. The zero-order chi connectivity index (χ0) is 28.3. The number of halogens is 1. The number of ether oxygens (including phenoxy) is 2. The van der Waals surface area contributed by atoms with Gasteiger partial charge in [0.05, 0.1) is 24.7 Å². The number of methoxy groups -OCH3 is 1. The lowest BCUT2D eigenvalue weighted by Crippen LogP contribution is -2.52. The zero-order valence-corrected chi connectivity index (χ0v) is 23.3. The number of phenols is 1. The molecule has 1 aromatic heterocycles. The topological polar surface area (TPSA) is 84.2 Å². The van der Waals surface area contributed by atoms with Crippen molar-refractivity contribution in [3.63, 3.8) is 0 Å². The number of anilines is 2. The van der Waals surface area contributed by atoms with Crippen LogP contribution in [-0.4, -0.2) is 30.7 Å². The highest BCUT2D eigenvalue weighted by Crippen LogP contribution is 2.45. The summed E-state index contributed by atoms with van der Waals surface area (Å²) in [4.78, 5) is 14.7. The van der Waals surface area contributed by atoms with Crippen molar-refractivity contribution in [1.29, 1.82) is 0 Å². The lowest BCUT2D eigenvalue weighted by Gasteiger charge is -2.39. The normalized spacial score (nSPS) is 13.6. The molecule has 2 heterocycles. The molecule has 2 N–H and O–H groups in total. The first-order valence-electron chi connectivity index (χ1n) is 12.2. The number of amides is 1. The van der Waals surface area contributed by atoms with Crippen LogP contribution in [0.3, 0.4) is 0 Å². The number of aromatic hydroxyl groups is 1. The molecule has 0 saturated heterocycles. The van der Waals surface area contributed by atoms with Crippen molar-refractivity contribution in [2.45, 2.75) is 38.0 Å². The standard InChI is InChI=1S/C26H27FN2O4.C4H4OS/c1-15-6-7-16(27)12-22(15)33-14-20-18(19-9-8-17(30)13-23(19)32-5)10-11-21-24(20)29(4)25(31)26(2,3)28-21;6-4-2-1-3-5-4/h6-13,28,30H,14H2,1-5H3;1-3,6H. The third-order valence-corrected chi connectivity index (χ3v) is 6.66. The number of fused-ring (bicyclic) bond motifs is 1. The first-order valence-corrected chi connectivity index (χ1v) is 12.7. The van der Waals surface area contributed by atoms with Gasteiger partial charge in [-0.05, 0) is 68.3 Å². The highest BCUT2D eigenvalue weighted by molar-refractivity contribution is 7.80. The Morgan fingerprint density at radius 1 is 1.08 bits per heavy atom. The Balaban J connectivity index is 0.000000519. The molecule has 0 unspecified atom stereocenters. The highest BCUT2D eigenvalue weighted by atomic mass is 32.1. The van der Waals surface area contributed by atoms with E-state index in [1.165, 1.54) is 25.3 Å². The molecule has 0 fully saturated rings. The Hall–Kier alpha value is -4.11. The van der Waals surface area contributed by atoms with Crippen LogP contribution in [0.4, 0.5) is 15.8 Å². The van der Waals surface area contributed by atoms with Crippen molar-refractivity contribution in [1.82, 2.24) is 0 Å². The molecule has 204 valence electrons. The molecule has 0 aliphatic carbocycles. The van der Waals surface area contributed by atoms with E-state index in [4.69, 9.17) is 13.9 Å². The van der Waals surface area contributed by atoms with E-state index in [1.54, 1.807) is 48.5 Å². The van der Waals surface area contributed by atoms with Crippen LogP contribution in [0.1, 0.15) is 25.0 Å². The van der Waals surface area contributed by atoms with E-state index < -0.39 is 5.54 Å². The van der Waals surface area contributed by atoms with Crippen LogP contribution < -0.4 is 19.7 Å². The smallest absolute Gasteiger partial charge is 0.251 e. The van der Waals surface area contributed by atoms with Crippen molar-refractivity contribution in [2.75, 3.05) is 24.4 Å². The summed E-state index contributed by atoms with van der Waals surface area (Å²) in [5.41, 5.74) is 3.75. The average molecular weight is 551 g/mol. The Labute approximate surface area is 232 Å². The Morgan fingerprint density at radius 3 is 2.46 bits per heavy atom. The summed E-state index contributed by atoms with van der Waals surface area (Å²) >= 11 is 3.87. The number of hydrogen-bond acceptors (Lipinski definition) is 7. The first-order chi connectivity index (χ1) is 18.5. The summed E-state index contributed by atoms with van der Waals surface area (Å²) < 4.78 is 30.1. The molecule has 0 radical (unpaired) electrons. The number of phenolic OH excluding ortho intramolecular Hbond substituents is 1. The van der Waals surface area contributed by atoms with Gasteiger partial charge in [0, 0.05) is 30.3 Å². The van der Waals surface area contributed by atoms with Crippen LogP contribution in [0.15, 0.2) is 76.4 Å². The number of furan rings is 1. The van der Waals surface area contributed by atoms with Crippen molar-refractivity contribution in [2.24, 2.45) is 0 Å². The van der Waals surface area contributed by atoms with E-state index in [-0.39, 0.29) is 24.1 Å². The number of hydrogen-bond donors (Lipinski definition) is 3. The van der Waals surface area contributed by atoms with E-state index in [0.29, 0.717) is 22.3 Å². The number of rotatable bonds is 5. The van der Waals surface area contributed by atoms with Gasteiger partial charge in [0.2, 0.25) is 0 Å². The molecule has 0 saturated carbocycles. The summed E-state index contributed by atoms with van der Waals surface area (Å²) in [6, 6.07) is 16.7. The van der Waals surface area contributed by atoms with Gasteiger partial charge in [-0.25, -0.2) is 4.39 Å². The second-order valence-corrected chi connectivity index (χ2v) is 10.1. The average Bonchev–Trinajstić information content (AvgIpc) is 3.38. The maximum absolute atomic E-state index is 13.8. The number of carbonyl (C=O) groups is 1. The summed E-state index contributed by atoms with van der Waals surface area (Å²) in [5.74, 6) is 0.512. The van der Waals surface area contributed by atoms with Crippen LogP contribution in [0.5, 0.6) is 17.2 Å². The predicted octanol–water partition coefficient (Wildman–Crippen LogP) is 6.83. The van der Waals surface area contributed by atoms with Gasteiger partial charge >= 0.3 is 0 Å². The molecule has 3 aromatic carbocycles. The number of benzene rings is 3. The number of nitrogens with zero attached hydrogens (tertiary/aromatic N) is 1. The fourth-order valence-electron chi connectivity index (χ4n) is 4.48. The van der Waals surface area contributed by atoms with Crippen LogP contribution in [0.2, 0.25) is 0 Å². The van der Waals surface area contributed by atoms with E-state index in [1.807, 2.05) is 32.9 Å². The summed E-state index contributed by atoms with van der Waals surface area (Å²) in [5, 5.41) is 13.9. The van der Waals surface area contributed by atoms with Gasteiger partial charge < -0.3 is 29.2 Å². The van der Waals surface area contributed by atoms with Gasteiger partial charge in [0.1, 0.15) is 35.2 Å². The minimum atomic E-state index is -0.767. The molecule has 5 rings (SSSR count). The number of likely N-dealkylation sites (N-methyl/N-ethyl adjacent to an activating group) is 1. The van der Waals surface area contributed by atoms with Crippen molar-refractivity contribution in [3.05, 3.63) is 83.9 Å². The van der Waals surface area contributed by atoms with E-state index in [2.05, 4.69) is 17.9 Å². The zero-order valence-electron chi connectivity index (χ0n) is 22.4. The number of aryl methyl sites for hydroxylation is 1. The molecule has 0 bridgehead atoms. The lowest BCUT2D eigenvalue weighted by molar-refractivity contribution is -0.121. The van der Waals surface area contributed by atoms with Gasteiger partial charge in [-0.1, -0.05) is 12.1 Å². The molecule has 1 aliphatic rings. The second kappa shape index (κ2) is 11.3. The number of nitrogens with one attached hydrogen (secondary N) is 1. The van der Waals surface area contributed by atoms with E-state index in [0.717, 1.165) is 27.9 Å². The van der Waals surface area contributed by atoms with Crippen molar-refractivity contribution < 1.29 is 28.2 Å². The molecule has 4 aromatic rings. The van der Waals surface area contributed by atoms with Crippen LogP contribution in [0.25, 0.3) is 11.1 Å². The number of thiol groups is 1. The second-order valence-electron chi connectivity index (χ2n) is 9.64. The van der Waals surface area contributed by atoms with Gasteiger partial charge in [-0.15, -0.1) is 12.6 Å². The molecule has 7 nitrogen and oxygen atoms in total. The number of carbonyl (C=O) groups excluding carboxylic acids is 1. The molecule has 1 amide bonds. The minimum Gasteiger partial charge on any atom is -0.508 e. The van der Waals surface area contributed by atoms with Gasteiger partial charge in [-0.2, -0.15) is 0 Å². The molecule has 1 aliphatic heterocycles. The van der Waals surface area contributed by atoms with E-state index in [9.17, 15) is 14.3 Å². The molecule has 39 heavy (non-hydrogen) atoms. The Bertz CT molecular complexity index is 1490. The van der Waals surface area contributed by atoms with Gasteiger partial charge in [-0.3, -0.25) is 4.79 Å². The van der Waals surface area contributed by atoms with Gasteiger partial charge in [0.15, 0.2) is 5.09 Å². The summed E-state index contributed by atoms with van der Waals surface area (Å²) in [7, 11) is 3.27. The van der Waals surface area contributed by atoms with Crippen molar-refractivity contribution >= 4 is 29.9 Å². The lowest BCUT2D eigenvalue weighted by atomic mass is 9.91. The Morgan fingerprint density at radius 2 is 1.82 bits per heavy atom. The third kappa shape index (κ3) is 5.98. The fraction of sp³-hybridized carbons (Fsp3) is 0.233. The predicted molar refractivity (Wildman–Crippen MR) is 153 cm³/mol. The first kappa shape index (κ1) is 27.9. The maximum atomic E-state index is 13.8. The SMILES string of the molecule is COc1cc(O)ccc1-c1ccc2c(c1COc1cc(F)ccc1C)N(C)C(=O)C(C)(C)N2.Sc1ccco1. The van der Waals surface area contributed by atoms with Crippen LogP contribution in [0, 0.1) is 12.7 Å². The molecule has 9 heteroatoms. The molecular formula is C30H31FN2O5S. The fourth-order valence-corrected chi connectivity index (χ4v) is 4.63. The largest absolute Gasteiger partial charge is 0.508 e. The van der Waals surface area contributed by atoms with Crippen LogP contribution in [-0.2, 0) is 11.4 Å². The quantitative estimate of drug-likeness (QED) is 0.236. The van der Waals surface area contributed by atoms with Crippen molar-refractivity contribution in [3.8, 4) is 28.4 Å². The molecule has 0 atom stereocenters. The Kier molecular flexibility index (Phi) is 8.11. The summed E-state index contributed by atoms with van der Waals surface area (Å²) in [6.45, 7) is 5.60. The van der Waals surface area contributed by atoms with Crippen LogP contribution >= 0.6 is 12.6 Å². The van der Waals surface area contributed by atoms with E-state index >= 15 is 0 Å². The maximum Gasteiger partial charge on any atom is 0.251 e. The third-order valence-electron chi connectivity index (χ3n) is 6.41. The minimum absolute atomic E-state index is 0.0810. The molecular weight excluding hydrogens is 519 g/mol.